The fraction of sp³-hybridized carbons (Fsp3) is 0.0556. The number of nitro benzene ring substituents is 1. The molecule has 5 heteroatoms. The summed E-state index contributed by atoms with van der Waals surface area (Å²) in [6.45, 7) is 2.02. The number of rotatable bonds is 4. The van der Waals surface area contributed by atoms with Crippen LogP contribution in [0.15, 0.2) is 70.1 Å². The minimum atomic E-state index is -0.424. The van der Waals surface area contributed by atoms with Crippen LogP contribution in [0.4, 0.5) is 11.4 Å². The van der Waals surface area contributed by atoms with Crippen molar-refractivity contribution in [3.8, 4) is 11.3 Å². The summed E-state index contributed by atoms with van der Waals surface area (Å²) in [4.78, 5) is 14.7. The smallest absolute Gasteiger partial charge is 0.270 e. The zero-order valence-corrected chi connectivity index (χ0v) is 12.5. The van der Waals surface area contributed by atoms with Crippen LogP contribution in [0.2, 0.25) is 0 Å². The van der Waals surface area contributed by atoms with Crippen molar-refractivity contribution in [2.75, 3.05) is 0 Å². The number of nitro groups is 1. The molecule has 5 nitrogen and oxygen atoms in total. The molecule has 0 aliphatic heterocycles. The molecule has 0 unspecified atom stereocenters. The average molecular weight is 306 g/mol. The Bertz CT molecular complexity index is 864. The molecular weight excluding hydrogens is 292 g/mol. The van der Waals surface area contributed by atoms with Gasteiger partial charge in [-0.05, 0) is 31.2 Å². The third kappa shape index (κ3) is 3.52. The third-order valence-electron chi connectivity index (χ3n) is 3.34. The Balaban J connectivity index is 1.81. The van der Waals surface area contributed by atoms with Crippen LogP contribution >= 0.6 is 0 Å². The van der Waals surface area contributed by atoms with Crippen molar-refractivity contribution in [1.29, 1.82) is 0 Å². The lowest BCUT2D eigenvalue weighted by molar-refractivity contribution is -0.384. The highest BCUT2D eigenvalue weighted by atomic mass is 16.6. The van der Waals surface area contributed by atoms with Crippen LogP contribution in [0.25, 0.3) is 11.3 Å². The first kappa shape index (κ1) is 14.7. The van der Waals surface area contributed by atoms with Gasteiger partial charge in [-0.25, -0.2) is 0 Å². The number of non-ortho nitro benzene ring substituents is 1. The molecule has 0 saturated heterocycles. The van der Waals surface area contributed by atoms with E-state index in [1.807, 2.05) is 31.2 Å². The number of benzene rings is 2. The molecule has 3 aromatic rings. The molecule has 0 aliphatic rings. The van der Waals surface area contributed by atoms with Crippen LogP contribution < -0.4 is 0 Å². The van der Waals surface area contributed by atoms with E-state index in [1.165, 1.54) is 17.7 Å². The van der Waals surface area contributed by atoms with Crippen molar-refractivity contribution in [2.24, 2.45) is 4.99 Å². The van der Waals surface area contributed by atoms with E-state index in [9.17, 15) is 10.1 Å². The molecule has 0 amide bonds. The van der Waals surface area contributed by atoms with Crippen molar-refractivity contribution >= 4 is 17.6 Å². The lowest BCUT2D eigenvalue weighted by Gasteiger charge is -1.97. The first-order chi connectivity index (χ1) is 11.1. The molecular formula is C18H14N2O3. The minimum Gasteiger partial charge on any atom is -0.455 e. The Morgan fingerprint density at radius 1 is 1.09 bits per heavy atom. The van der Waals surface area contributed by atoms with Gasteiger partial charge in [0.15, 0.2) is 0 Å². The van der Waals surface area contributed by atoms with Crippen LogP contribution in [-0.4, -0.2) is 11.1 Å². The summed E-state index contributed by atoms with van der Waals surface area (Å²) in [7, 11) is 0. The number of hydrogen-bond acceptors (Lipinski definition) is 4. The SMILES string of the molecule is Cc1ccc(N=Cc2ccc(-c3cccc([N+](=O)[O-])c3)o2)cc1. The summed E-state index contributed by atoms with van der Waals surface area (Å²) >= 11 is 0. The molecule has 1 aromatic heterocycles. The standard InChI is InChI=1S/C18H14N2O3/c1-13-5-7-15(8-6-13)19-12-17-9-10-18(23-17)14-3-2-4-16(11-14)20(21)22/h2-12H,1H3. The maximum atomic E-state index is 10.8. The van der Waals surface area contributed by atoms with E-state index >= 15 is 0 Å². The van der Waals surface area contributed by atoms with Crippen molar-refractivity contribution in [2.45, 2.75) is 6.92 Å². The summed E-state index contributed by atoms with van der Waals surface area (Å²) in [5.41, 5.74) is 2.71. The van der Waals surface area contributed by atoms with Gasteiger partial charge in [-0.2, -0.15) is 0 Å². The molecule has 3 rings (SSSR count). The largest absolute Gasteiger partial charge is 0.455 e. The maximum Gasteiger partial charge on any atom is 0.270 e. The van der Waals surface area contributed by atoms with Gasteiger partial charge < -0.3 is 4.42 Å². The second kappa shape index (κ2) is 6.27. The minimum absolute atomic E-state index is 0.0359. The predicted molar refractivity (Wildman–Crippen MR) is 89.2 cm³/mol. The molecule has 23 heavy (non-hydrogen) atoms. The van der Waals surface area contributed by atoms with Crippen LogP contribution in [-0.2, 0) is 0 Å². The quantitative estimate of drug-likeness (QED) is 0.390. The van der Waals surface area contributed by atoms with Crippen LogP contribution in [0.5, 0.6) is 0 Å². The Kier molecular flexibility index (Phi) is 4.01. The number of nitrogens with zero attached hydrogens (tertiary/aromatic N) is 2. The highest BCUT2D eigenvalue weighted by Crippen LogP contribution is 2.25. The lowest BCUT2D eigenvalue weighted by atomic mass is 10.1. The van der Waals surface area contributed by atoms with Crippen molar-refractivity contribution in [1.82, 2.24) is 0 Å². The lowest BCUT2D eigenvalue weighted by Crippen LogP contribution is -1.87. The molecule has 0 saturated carbocycles. The van der Waals surface area contributed by atoms with E-state index in [2.05, 4.69) is 4.99 Å². The fourth-order valence-electron chi connectivity index (χ4n) is 2.12. The molecule has 0 spiro atoms. The Labute approximate surface area is 133 Å². The van der Waals surface area contributed by atoms with E-state index in [4.69, 9.17) is 4.42 Å². The number of furan rings is 1. The fourth-order valence-corrected chi connectivity index (χ4v) is 2.12. The summed E-state index contributed by atoms with van der Waals surface area (Å²) < 4.78 is 5.68. The second-order valence-electron chi connectivity index (χ2n) is 5.10. The zero-order valence-electron chi connectivity index (χ0n) is 12.5. The highest BCUT2D eigenvalue weighted by molar-refractivity contribution is 5.80. The molecule has 114 valence electrons. The van der Waals surface area contributed by atoms with E-state index in [0.717, 1.165) is 5.69 Å². The van der Waals surface area contributed by atoms with Crippen LogP contribution in [0, 0.1) is 17.0 Å². The van der Waals surface area contributed by atoms with E-state index in [0.29, 0.717) is 17.1 Å². The molecule has 0 N–H and O–H groups in total. The molecule has 0 fully saturated rings. The Morgan fingerprint density at radius 3 is 2.61 bits per heavy atom. The summed E-state index contributed by atoms with van der Waals surface area (Å²) in [5, 5.41) is 10.8. The van der Waals surface area contributed by atoms with Gasteiger partial charge in [0.05, 0.1) is 16.8 Å². The van der Waals surface area contributed by atoms with E-state index in [-0.39, 0.29) is 5.69 Å². The average Bonchev–Trinajstić information content (AvgIpc) is 3.03. The predicted octanol–water partition coefficient (Wildman–Crippen LogP) is 4.91. The monoisotopic (exact) mass is 306 g/mol. The Morgan fingerprint density at radius 2 is 1.87 bits per heavy atom. The third-order valence-corrected chi connectivity index (χ3v) is 3.34. The molecule has 0 radical (unpaired) electrons. The Hall–Kier alpha value is -3.21. The highest BCUT2D eigenvalue weighted by Gasteiger charge is 2.09. The summed E-state index contributed by atoms with van der Waals surface area (Å²) in [6.07, 6.45) is 1.63. The van der Waals surface area contributed by atoms with Crippen molar-refractivity contribution in [3.05, 3.63) is 82.1 Å². The van der Waals surface area contributed by atoms with Gasteiger partial charge in [0.2, 0.25) is 0 Å². The van der Waals surface area contributed by atoms with Crippen LogP contribution in [0.3, 0.4) is 0 Å². The molecule has 0 bridgehead atoms. The molecule has 0 atom stereocenters. The zero-order chi connectivity index (χ0) is 16.2. The van der Waals surface area contributed by atoms with Gasteiger partial charge in [-0.1, -0.05) is 29.8 Å². The maximum absolute atomic E-state index is 10.8. The van der Waals surface area contributed by atoms with Gasteiger partial charge in [-0.15, -0.1) is 0 Å². The van der Waals surface area contributed by atoms with Gasteiger partial charge in [0, 0.05) is 17.7 Å². The summed E-state index contributed by atoms with van der Waals surface area (Å²) in [6, 6.07) is 17.7. The van der Waals surface area contributed by atoms with E-state index in [1.54, 1.807) is 30.5 Å². The number of hydrogen-bond donors (Lipinski definition) is 0. The first-order valence-electron chi connectivity index (χ1n) is 7.07. The van der Waals surface area contributed by atoms with E-state index < -0.39 is 4.92 Å². The van der Waals surface area contributed by atoms with Crippen LogP contribution in [0.1, 0.15) is 11.3 Å². The molecule has 2 aromatic carbocycles. The number of aliphatic imine (C=N–C) groups is 1. The number of aryl methyl sites for hydroxylation is 1. The topological polar surface area (TPSA) is 68.6 Å². The normalized spacial score (nSPS) is 11.0. The van der Waals surface area contributed by atoms with Gasteiger partial charge in [-0.3, -0.25) is 15.1 Å². The van der Waals surface area contributed by atoms with Gasteiger partial charge in [0.25, 0.3) is 5.69 Å². The molecule has 1 heterocycles. The summed E-state index contributed by atoms with van der Waals surface area (Å²) in [5.74, 6) is 1.16. The van der Waals surface area contributed by atoms with Gasteiger partial charge in [0.1, 0.15) is 11.5 Å². The first-order valence-corrected chi connectivity index (χ1v) is 7.07. The van der Waals surface area contributed by atoms with Crippen molar-refractivity contribution < 1.29 is 9.34 Å². The van der Waals surface area contributed by atoms with Gasteiger partial charge >= 0.3 is 0 Å². The molecule has 0 aliphatic carbocycles. The van der Waals surface area contributed by atoms with Crippen molar-refractivity contribution in [3.63, 3.8) is 0 Å². The second-order valence-corrected chi connectivity index (χ2v) is 5.10.